The van der Waals surface area contributed by atoms with Crippen LogP contribution in [0.15, 0.2) is 72.3 Å². The number of nitrogens with zero attached hydrogens (tertiary/aromatic N) is 6. The van der Waals surface area contributed by atoms with Crippen molar-refractivity contribution in [3.63, 3.8) is 0 Å². The average molecular weight is 447 g/mol. The molecule has 2 aromatic carbocycles. The average Bonchev–Trinajstić information content (AvgIpc) is 3.38. The first-order valence-electron chi connectivity index (χ1n) is 9.79. The third kappa shape index (κ3) is 3.82. The van der Waals surface area contributed by atoms with Crippen molar-refractivity contribution in [3.05, 3.63) is 89.0 Å². The molecule has 6 nitrogen and oxygen atoms in total. The Balaban J connectivity index is 1.58. The number of fused-ring (bicyclic) bond motifs is 1. The van der Waals surface area contributed by atoms with Crippen molar-refractivity contribution in [2.75, 3.05) is 0 Å². The smallest absolute Gasteiger partial charge is 0.233 e. The third-order valence-electron chi connectivity index (χ3n) is 4.99. The molecule has 0 unspecified atom stereocenters. The summed E-state index contributed by atoms with van der Waals surface area (Å²) in [5.41, 5.74) is 5.12. The molecular weight excluding hydrogens is 428 g/mol. The topological polar surface area (TPSA) is 60.9 Å². The molecule has 3 aromatic heterocycles. The number of aromatic nitrogens is 6. The number of aryl methyl sites for hydroxylation is 2. The maximum atomic E-state index is 6.51. The summed E-state index contributed by atoms with van der Waals surface area (Å²) < 4.78 is 4.00. The van der Waals surface area contributed by atoms with E-state index in [0.29, 0.717) is 16.6 Å². The second-order valence-electron chi connectivity index (χ2n) is 7.26. The quantitative estimate of drug-likeness (QED) is 0.332. The number of halogens is 1. The molecule has 0 atom stereocenters. The van der Waals surface area contributed by atoms with Gasteiger partial charge in [-0.05, 0) is 49.2 Å². The Morgan fingerprint density at radius 1 is 1.03 bits per heavy atom. The van der Waals surface area contributed by atoms with Gasteiger partial charge in [0.1, 0.15) is 0 Å². The van der Waals surface area contributed by atoms with E-state index in [0.717, 1.165) is 33.5 Å². The minimum absolute atomic E-state index is 0.643. The molecule has 0 aliphatic rings. The first-order valence-corrected chi connectivity index (χ1v) is 11.2. The molecule has 31 heavy (non-hydrogen) atoms. The molecule has 5 rings (SSSR count). The van der Waals surface area contributed by atoms with Crippen molar-refractivity contribution in [3.8, 4) is 17.1 Å². The van der Waals surface area contributed by atoms with Gasteiger partial charge in [0, 0.05) is 29.9 Å². The van der Waals surface area contributed by atoms with E-state index in [1.807, 2.05) is 47.1 Å². The highest BCUT2D eigenvalue weighted by Gasteiger charge is 2.20. The van der Waals surface area contributed by atoms with Gasteiger partial charge in [0.25, 0.3) is 0 Å². The zero-order valence-electron chi connectivity index (χ0n) is 17.0. The summed E-state index contributed by atoms with van der Waals surface area (Å²) in [5.74, 6) is 2.05. The SMILES string of the molecule is Cc1ccc(C)c(-n2c(SCc3cn4cccnc4n3)nnc2-c2ccccc2Cl)c1. The Bertz CT molecular complexity index is 1360. The molecule has 0 radical (unpaired) electrons. The Labute approximate surface area is 189 Å². The van der Waals surface area contributed by atoms with Crippen molar-refractivity contribution in [2.45, 2.75) is 24.8 Å². The van der Waals surface area contributed by atoms with Gasteiger partial charge in [0.05, 0.1) is 16.4 Å². The molecule has 0 saturated carbocycles. The molecule has 0 bridgehead atoms. The number of hydrogen-bond donors (Lipinski definition) is 0. The summed E-state index contributed by atoms with van der Waals surface area (Å²) in [6.45, 7) is 4.17. The van der Waals surface area contributed by atoms with Gasteiger partial charge in [-0.25, -0.2) is 9.97 Å². The highest BCUT2D eigenvalue weighted by molar-refractivity contribution is 7.98. The fourth-order valence-corrected chi connectivity index (χ4v) is 4.49. The number of rotatable bonds is 5. The first-order chi connectivity index (χ1) is 15.1. The lowest BCUT2D eigenvalue weighted by molar-refractivity contribution is 0.878. The largest absolute Gasteiger partial charge is 0.291 e. The van der Waals surface area contributed by atoms with Crippen molar-refractivity contribution in [2.24, 2.45) is 0 Å². The van der Waals surface area contributed by atoms with E-state index < -0.39 is 0 Å². The molecule has 8 heteroatoms. The van der Waals surface area contributed by atoms with Gasteiger partial charge in [0.15, 0.2) is 11.0 Å². The Morgan fingerprint density at radius 2 is 1.90 bits per heavy atom. The van der Waals surface area contributed by atoms with Gasteiger partial charge >= 0.3 is 0 Å². The number of thioether (sulfide) groups is 1. The zero-order chi connectivity index (χ0) is 21.4. The minimum Gasteiger partial charge on any atom is -0.291 e. The lowest BCUT2D eigenvalue weighted by Crippen LogP contribution is -2.03. The van der Waals surface area contributed by atoms with E-state index in [2.05, 4.69) is 56.8 Å². The van der Waals surface area contributed by atoms with Gasteiger partial charge in [-0.3, -0.25) is 8.97 Å². The number of imidazole rings is 1. The standard InChI is InChI=1S/C23H19ClN6S/c1-15-8-9-16(2)20(12-15)30-21(18-6-3-4-7-19(18)24)27-28-23(30)31-14-17-13-29-11-5-10-25-22(29)26-17/h3-13H,14H2,1-2H3. The first kappa shape index (κ1) is 19.8. The molecule has 0 fully saturated rings. The molecule has 0 aliphatic heterocycles. The highest BCUT2D eigenvalue weighted by Crippen LogP contribution is 2.34. The fourth-order valence-electron chi connectivity index (χ4n) is 3.45. The minimum atomic E-state index is 0.643. The van der Waals surface area contributed by atoms with Crippen molar-refractivity contribution in [1.29, 1.82) is 0 Å². The van der Waals surface area contributed by atoms with Crippen LogP contribution in [0.25, 0.3) is 22.9 Å². The summed E-state index contributed by atoms with van der Waals surface area (Å²) in [7, 11) is 0. The van der Waals surface area contributed by atoms with Crippen LogP contribution in [0.3, 0.4) is 0 Å². The van der Waals surface area contributed by atoms with Crippen LogP contribution in [-0.2, 0) is 5.75 Å². The predicted octanol–water partition coefficient (Wildman–Crippen LogP) is 5.54. The van der Waals surface area contributed by atoms with Gasteiger partial charge in [-0.2, -0.15) is 0 Å². The third-order valence-corrected chi connectivity index (χ3v) is 6.28. The van der Waals surface area contributed by atoms with Crippen molar-refractivity contribution in [1.82, 2.24) is 29.1 Å². The van der Waals surface area contributed by atoms with Crippen LogP contribution in [0, 0.1) is 13.8 Å². The molecule has 0 aliphatic carbocycles. The number of benzene rings is 2. The normalized spacial score (nSPS) is 11.3. The summed E-state index contributed by atoms with van der Waals surface area (Å²) in [6.07, 6.45) is 5.67. The maximum Gasteiger partial charge on any atom is 0.233 e. The maximum absolute atomic E-state index is 6.51. The summed E-state index contributed by atoms with van der Waals surface area (Å²) >= 11 is 8.10. The van der Waals surface area contributed by atoms with Gasteiger partial charge in [-0.1, -0.05) is 47.6 Å². The molecular formula is C23H19ClN6S. The Hall–Kier alpha value is -3.16. The van der Waals surface area contributed by atoms with Crippen molar-refractivity contribution < 1.29 is 0 Å². The van der Waals surface area contributed by atoms with Gasteiger partial charge in [-0.15, -0.1) is 10.2 Å². The van der Waals surface area contributed by atoms with Crippen LogP contribution in [0.1, 0.15) is 16.8 Å². The van der Waals surface area contributed by atoms with Crippen LogP contribution in [0.2, 0.25) is 5.02 Å². The second-order valence-corrected chi connectivity index (χ2v) is 8.61. The summed E-state index contributed by atoms with van der Waals surface area (Å²) in [5, 5.41) is 10.5. The zero-order valence-corrected chi connectivity index (χ0v) is 18.6. The molecule has 0 amide bonds. The van der Waals surface area contributed by atoms with Crippen LogP contribution < -0.4 is 0 Å². The molecule has 154 valence electrons. The molecule has 3 heterocycles. The van der Waals surface area contributed by atoms with Crippen LogP contribution >= 0.6 is 23.4 Å². The Morgan fingerprint density at radius 3 is 2.74 bits per heavy atom. The lowest BCUT2D eigenvalue weighted by atomic mass is 10.1. The Kier molecular flexibility index (Phi) is 5.21. The van der Waals surface area contributed by atoms with Crippen LogP contribution in [0.5, 0.6) is 0 Å². The molecule has 0 spiro atoms. The lowest BCUT2D eigenvalue weighted by Gasteiger charge is -2.14. The van der Waals surface area contributed by atoms with Gasteiger partial charge < -0.3 is 0 Å². The van der Waals surface area contributed by atoms with Crippen LogP contribution in [-0.4, -0.2) is 29.1 Å². The van der Waals surface area contributed by atoms with Gasteiger partial charge in [0.2, 0.25) is 5.78 Å². The predicted molar refractivity (Wildman–Crippen MR) is 124 cm³/mol. The highest BCUT2D eigenvalue weighted by atomic mass is 35.5. The van der Waals surface area contributed by atoms with E-state index in [4.69, 9.17) is 11.6 Å². The molecule has 5 aromatic rings. The second kappa shape index (κ2) is 8.17. The monoisotopic (exact) mass is 446 g/mol. The summed E-state index contributed by atoms with van der Waals surface area (Å²) in [6, 6.07) is 16.0. The van der Waals surface area contributed by atoms with E-state index in [1.165, 1.54) is 5.56 Å². The van der Waals surface area contributed by atoms with E-state index in [-0.39, 0.29) is 0 Å². The molecule has 0 N–H and O–H groups in total. The van der Waals surface area contributed by atoms with E-state index in [1.54, 1.807) is 18.0 Å². The van der Waals surface area contributed by atoms with E-state index >= 15 is 0 Å². The fraction of sp³-hybridized carbons (Fsp3) is 0.130. The summed E-state index contributed by atoms with van der Waals surface area (Å²) in [4.78, 5) is 8.88. The number of hydrogen-bond acceptors (Lipinski definition) is 5. The van der Waals surface area contributed by atoms with E-state index in [9.17, 15) is 0 Å². The van der Waals surface area contributed by atoms with Crippen LogP contribution in [0.4, 0.5) is 0 Å². The van der Waals surface area contributed by atoms with Crippen molar-refractivity contribution >= 4 is 29.1 Å². The molecule has 0 saturated heterocycles.